The van der Waals surface area contributed by atoms with Gasteiger partial charge in [-0.3, -0.25) is 0 Å². The average molecular weight is 325 g/mol. The summed E-state index contributed by atoms with van der Waals surface area (Å²) in [6.07, 6.45) is -4.88. The van der Waals surface area contributed by atoms with Crippen LogP contribution < -0.4 is 61.6 Å². The van der Waals surface area contributed by atoms with Crippen molar-refractivity contribution >= 4 is 36.4 Å². The van der Waals surface area contributed by atoms with Crippen LogP contribution in [0.3, 0.4) is 0 Å². The van der Waals surface area contributed by atoms with Gasteiger partial charge in [-0.2, -0.15) is 0 Å². The molecule has 7 nitrogen and oxygen atoms in total. The third-order valence-corrected chi connectivity index (χ3v) is 0.782. The zero-order valence-corrected chi connectivity index (χ0v) is 12.2. The number of hydrogen-bond donors (Lipinski definition) is 2. The predicted octanol–water partition coefficient (Wildman–Crippen LogP) is -8.29. The first kappa shape index (κ1) is 23.8. The van der Waals surface area contributed by atoms with Crippen molar-refractivity contribution in [3.8, 4) is 0 Å². The molecular formula is C4H4KO7Sb. The molecule has 2 atom stereocenters. The number of aliphatic carboxylic acids is 2. The van der Waals surface area contributed by atoms with E-state index < -0.39 is 24.1 Å². The maximum absolute atomic E-state index is 9.63. The van der Waals surface area contributed by atoms with Crippen LogP contribution in [0.2, 0.25) is 0 Å². The van der Waals surface area contributed by atoms with E-state index in [2.05, 4.69) is 0 Å². The standard InChI is InChI=1S/C4H6O6.K.O.Sb/c5-1(3(7)8)2(6)4(9)10;;;/h1-2,5-6H,(H,7,8)(H,9,10);;;/q;+1;-2;+3/p-2. The zero-order chi connectivity index (χ0) is 8.31. The summed E-state index contributed by atoms with van der Waals surface area (Å²) in [5.74, 6) is -4.12. The molecule has 0 saturated carbocycles. The molecule has 0 spiro atoms. The van der Waals surface area contributed by atoms with Crippen molar-refractivity contribution in [2.75, 3.05) is 0 Å². The van der Waals surface area contributed by atoms with Crippen LogP contribution >= 0.6 is 0 Å². The normalized spacial score (nSPS) is 12.2. The van der Waals surface area contributed by atoms with Gasteiger partial charge in [-0.1, -0.05) is 0 Å². The molecule has 0 aromatic carbocycles. The summed E-state index contributed by atoms with van der Waals surface area (Å²) in [6.45, 7) is 0. The van der Waals surface area contributed by atoms with Crippen LogP contribution in [0.1, 0.15) is 0 Å². The first-order valence-corrected chi connectivity index (χ1v) is 2.24. The third-order valence-electron chi connectivity index (χ3n) is 0.782. The van der Waals surface area contributed by atoms with Crippen molar-refractivity contribution in [3.63, 3.8) is 0 Å². The molecule has 0 saturated heterocycles. The Morgan fingerprint density at radius 3 is 1.23 bits per heavy atom. The van der Waals surface area contributed by atoms with E-state index in [9.17, 15) is 19.8 Å². The first-order chi connectivity index (χ1) is 4.46. The summed E-state index contributed by atoms with van der Waals surface area (Å²) < 4.78 is 0. The van der Waals surface area contributed by atoms with E-state index in [1.165, 1.54) is 0 Å². The second-order valence-electron chi connectivity index (χ2n) is 1.53. The Labute approximate surface area is 133 Å². The zero-order valence-electron chi connectivity index (χ0n) is 6.54. The third kappa shape index (κ3) is 9.58. The molecule has 9 heteroatoms. The van der Waals surface area contributed by atoms with E-state index in [0.717, 1.165) is 0 Å². The van der Waals surface area contributed by atoms with Gasteiger partial charge in [-0.05, 0) is 0 Å². The average Bonchev–Trinajstić information content (AvgIpc) is 1.84. The van der Waals surface area contributed by atoms with Crippen LogP contribution in [0.15, 0.2) is 0 Å². The van der Waals surface area contributed by atoms with E-state index in [-0.39, 0.29) is 81.3 Å². The maximum Gasteiger partial charge on any atom is 3.00 e. The molecular weight excluding hydrogens is 321 g/mol. The summed E-state index contributed by atoms with van der Waals surface area (Å²) >= 11 is 0. The van der Waals surface area contributed by atoms with E-state index in [1.54, 1.807) is 0 Å². The Balaban J connectivity index is -0.000000135. The molecule has 0 aliphatic rings. The number of carbonyl (C=O) groups excluding carboxylic acids is 2. The summed E-state index contributed by atoms with van der Waals surface area (Å²) in [5.41, 5.74) is 0. The minimum Gasteiger partial charge on any atom is -2.00 e. The SMILES string of the molecule is O=C([O-])C(O)C(O)C(=O)[O-].[K+].[O-2].[Sb+3]. The van der Waals surface area contributed by atoms with Crippen LogP contribution in [-0.4, -0.2) is 58.8 Å². The van der Waals surface area contributed by atoms with Crippen LogP contribution in [0, 0.1) is 0 Å². The van der Waals surface area contributed by atoms with Crippen molar-refractivity contribution in [2.24, 2.45) is 0 Å². The van der Waals surface area contributed by atoms with Crippen LogP contribution in [0.5, 0.6) is 0 Å². The fraction of sp³-hybridized carbons (Fsp3) is 0.500. The fourth-order valence-corrected chi connectivity index (χ4v) is 0.258. The van der Waals surface area contributed by atoms with Crippen molar-refractivity contribution in [1.29, 1.82) is 0 Å². The summed E-state index contributed by atoms with van der Waals surface area (Å²) in [7, 11) is 0. The second-order valence-corrected chi connectivity index (χ2v) is 1.53. The number of carboxylic acids is 2. The Kier molecular flexibility index (Phi) is 20.8. The topological polar surface area (TPSA) is 149 Å². The van der Waals surface area contributed by atoms with Crippen molar-refractivity contribution in [1.82, 2.24) is 0 Å². The van der Waals surface area contributed by atoms with Gasteiger partial charge < -0.3 is 35.5 Å². The molecule has 0 fully saturated rings. The second kappa shape index (κ2) is 11.3. The molecule has 0 heterocycles. The van der Waals surface area contributed by atoms with E-state index in [1.807, 2.05) is 0 Å². The molecule has 2 unspecified atom stereocenters. The Morgan fingerprint density at radius 2 is 1.15 bits per heavy atom. The molecule has 68 valence electrons. The predicted molar refractivity (Wildman–Crippen MR) is 28.5 cm³/mol. The van der Waals surface area contributed by atoms with Crippen LogP contribution in [0.25, 0.3) is 0 Å². The van der Waals surface area contributed by atoms with Crippen molar-refractivity contribution in [3.05, 3.63) is 0 Å². The Morgan fingerprint density at radius 1 is 1.00 bits per heavy atom. The van der Waals surface area contributed by atoms with Gasteiger partial charge in [0.15, 0.2) is 0 Å². The number of hydrogen-bond acceptors (Lipinski definition) is 6. The number of aliphatic hydroxyl groups is 2. The van der Waals surface area contributed by atoms with E-state index >= 15 is 0 Å². The van der Waals surface area contributed by atoms with Gasteiger partial charge in [0, 0.05) is 0 Å². The number of carbonyl (C=O) groups is 2. The monoisotopic (exact) mass is 324 g/mol. The van der Waals surface area contributed by atoms with Gasteiger partial charge in [0.25, 0.3) is 0 Å². The molecule has 0 aromatic rings. The van der Waals surface area contributed by atoms with Crippen LogP contribution in [0.4, 0.5) is 0 Å². The summed E-state index contributed by atoms with van der Waals surface area (Å²) in [5, 5.41) is 35.7. The first-order valence-electron chi connectivity index (χ1n) is 2.24. The minimum atomic E-state index is -2.44. The molecule has 0 amide bonds. The van der Waals surface area contributed by atoms with E-state index in [0.29, 0.717) is 0 Å². The molecule has 0 aliphatic carbocycles. The minimum absolute atomic E-state index is 0. The number of rotatable bonds is 3. The van der Waals surface area contributed by atoms with Crippen LogP contribution in [-0.2, 0) is 15.1 Å². The molecule has 0 aromatic heterocycles. The van der Waals surface area contributed by atoms with Crippen molar-refractivity contribution < 1.29 is 86.9 Å². The fourth-order valence-electron chi connectivity index (χ4n) is 0.258. The maximum atomic E-state index is 9.63. The quantitative estimate of drug-likeness (QED) is 0.492. The molecule has 0 rings (SSSR count). The molecule has 0 aliphatic heterocycles. The van der Waals surface area contributed by atoms with Crippen molar-refractivity contribution in [2.45, 2.75) is 12.2 Å². The Bertz CT molecular complexity index is 145. The van der Waals surface area contributed by atoms with Gasteiger partial charge >= 0.3 is 75.8 Å². The van der Waals surface area contributed by atoms with E-state index in [4.69, 9.17) is 10.2 Å². The molecule has 2 radical (unpaired) electrons. The Hall–Kier alpha value is 1.27. The molecule has 13 heavy (non-hydrogen) atoms. The van der Waals surface area contributed by atoms with Gasteiger partial charge in [-0.25, -0.2) is 0 Å². The van der Waals surface area contributed by atoms with Gasteiger partial charge in [0.1, 0.15) is 12.2 Å². The molecule has 0 bridgehead atoms. The number of aliphatic hydroxyl groups excluding tert-OH is 2. The number of carboxylic acid groups (broad SMARTS) is 2. The summed E-state index contributed by atoms with van der Waals surface area (Å²) in [6, 6.07) is 0. The van der Waals surface area contributed by atoms with Gasteiger partial charge in [-0.15, -0.1) is 0 Å². The van der Waals surface area contributed by atoms with Gasteiger partial charge in [0.05, 0.1) is 11.9 Å². The largest absolute Gasteiger partial charge is 3.00 e. The smallest absolute Gasteiger partial charge is 2.00 e. The summed E-state index contributed by atoms with van der Waals surface area (Å²) in [4.78, 5) is 19.3. The van der Waals surface area contributed by atoms with Gasteiger partial charge in [0.2, 0.25) is 0 Å². The molecule has 2 N–H and O–H groups in total.